The maximum absolute atomic E-state index is 6.03. The molecule has 1 N–H and O–H groups in total. The van der Waals surface area contributed by atoms with E-state index in [0.717, 1.165) is 19.4 Å². The van der Waals surface area contributed by atoms with Crippen LogP contribution in [0.3, 0.4) is 0 Å². The van der Waals surface area contributed by atoms with Crippen LogP contribution in [-0.2, 0) is 4.74 Å². The van der Waals surface area contributed by atoms with Crippen LogP contribution in [0.4, 0.5) is 0 Å². The van der Waals surface area contributed by atoms with E-state index in [1.54, 1.807) is 0 Å². The summed E-state index contributed by atoms with van der Waals surface area (Å²) in [5.74, 6) is 0. The second-order valence-electron chi connectivity index (χ2n) is 7.25. The quantitative estimate of drug-likeness (QED) is 0.725. The second-order valence-corrected chi connectivity index (χ2v) is 7.25. The Labute approximate surface area is 102 Å². The third-order valence-electron chi connectivity index (χ3n) is 2.19. The molecule has 0 aromatic carbocycles. The van der Waals surface area contributed by atoms with Crippen molar-refractivity contribution in [1.29, 1.82) is 0 Å². The monoisotopic (exact) mass is 229 g/mol. The molecular formula is C14H31NO. The third kappa shape index (κ3) is 10.4. The van der Waals surface area contributed by atoms with E-state index in [0.29, 0.717) is 0 Å². The minimum atomic E-state index is -0.0546. The molecule has 2 heteroatoms. The number of nitrogens with one attached hydrogen (secondary N) is 1. The number of hydrogen-bond acceptors (Lipinski definition) is 2. The van der Waals surface area contributed by atoms with Crippen LogP contribution in [0.15, 0.2) is 0 Å². The second kappa shape index (κ2) is 5.50. The zero-order chi connectivity index (χ0) is 13.0. The topological polar surface area (TPSA) is 21.3 Å². The fourth-order valence-electron chi connectivity index (χ4n) is 1.86. The van der Waals surface area contributed by atoms with Gasteiger partial charge in [0, 0.05) is 5.54 Å². The van der Waals surface area contributed by atoms with Crippen LogP contribution in [0.1, 0.15) is 68.2 Å². The molecule has 0 aliphatic heterocycles. The molecule has 0 aliphatic carbocycles. The highest BCUT2D eigenvalue weighted by molar-refractivity contribution is 4.76. The first-order valence-electron chi connectivity index (χ1n) is 6.37. The van der Waals surface area contributed by atoms with Crippen molar-refractivity contribution in [2.45, 2.75) is 85.0 Å². The lowest BCUT2D eigenvalue weighted by atomic mass is 10.00. The van der Waals surface area contributed by atoms with E-state index in [2.05, 4.69) is 60.7 Å². The van der Waals surface area contributed by atoms with Gasteiger partial charge in [-0.15, -0.1) is 0 Å². The van der Waals surface area contributed by atoms with Gasteiger partial charge in [0.05, 0.1) is 11.2 Å². The Morgan fingerprint density at radius 2 is 1.38 bits per heavy atom. The predicted molar refractivity (Wildman–Crippen MR) is 71.9 cm³/mol. The van der Waals surface area contributed by atoms with Crippen LogP contribution >= 0.6 is 0 Å². The maximum atomic E-state index is 6.03. The van der Waals surface area contributed by atoms with E-state index in [1.165, 1.54) is 0 Å². The predicted octanol–water partition coefficient (Wildman–Crippen LogP) is 3.75. The fourth-order valence-corrected chi connectivity index (χ4v) is 1.86. The zero-order valence-electron chi connectivity index (χ0n) is 12.5. The maximum Gasteiger partial charge on any atom is 0.0634 e. The summed E-state index contributed by atoms with van der Waals surface area (Å²) < 4.78 is 6.03. The summed E-state index contributed by atoms with van der Waals surface area (Å²) in [6, 6.07) is 0. The van der Waals surface area contributed by atoms with Gasteiger partial charge in [-0.2, -0.15) is 0 Å². The van der Waals surface area contributed by atoms with Crippen molar-refractivity contribution in [2.24, 2.45) is 0 Å². The normalized spacial score (nSPS) is 14.2. The molecule has 0 fully saturated rings. The smallest absolute Gasteiger partial charge is 0.0634 e. The summed E-state index contributed by atoms with van der Waals surface area (Å²) in [5.41, 5.74) is 0.133. The molecule has 0 spiro atoms. The van der Waals surface area contributed by atoms with Crippen LogP contribution in [0, 0.1) is 0 Å². The molecule has 0 bridgehead atoms. The van der Waals surface area contributed by atoms with E-state index in [-0.39, 0.29) is 16.7 Å². The van der Waals surface area contributed by atoms with Gasteiger partial charge in [0.25, 0.3) is 0 Å². The molecule has 0 saturated carbocycles. The highest BCUT2D eigenvalue weighted by Gasteiger charge is 2.25. The first kappa shape index (κ1) is 15.9. The SMILES string of the molecule is CC(C)(C)NCCCC(C)(C)OC(C)(C)C. The molecule has 16 heavy (non-hydrogen) atoms. The molecular weight excluding hydrogens is 198 g/mol. The van der Waals surface area contributed by atoms with Gasteiger partial charge in [-0.1, -0.05) is 0 Å². The summed E-state index contributed by atoms with van der Waals surface area (Å²) in [5, 5.41) is 3.50. The van der Waals surface area contributed by atoms with Gasteiger partial charge in [-0.05, 0) is 74.8 Å². The Morgan fingerprint density at radius 3 is 1.75 bits per heavy atom. The minimum Gasteiger partial charge on any atom is -0.370 e. The van der Waals surface area contributed by atoms with Gasteiger partial charge >= 0.3 is 0 Å². The van der Waals surface area contributed by atoms with Gasteiger partial charge in [-0.3, -0.25) is 0 Å². The van der Waals surface area contributed by atoms with Crippen molar-refractivity contribution >= 4 is 0 Å². The average molecular weight is 229 g/mol. The first-order valence-corrected chi connectivity index (χ1v) is 6.37. The summed E-state index contributed by atoms with van der Waals surface area (Å²) in [6.07, 6.45) is 2.24. The van der Waals surface area contributed by atoms with Crippen LogP contribution in [0.5, 0.6) is 0 Å². The molecule has 0 rings (SSSR count). The summed E-state index contributed by atoms with van der Waals surface area (Å²) >= 11 is 0. The van der Waals surface area contributed by atoms with Crippen LogP contribution in [0.25, 0.3) is 0 Å². The van der Waals surface area contributed by atoms with Gasteiger partial charge in [0.15, 0.2) is 0 Å². The van der Waals surface area contributed by atoms with Gasteiger partial charge in [-0.25, -0.2) is 0 Å². The molecule has 0 atom stereocenters. The minimum absolute atomic E-state index is 0.0299. The number of hydrogen-bond donors (Lipinski definition) is 1. The summed E-state index contributed by atoms with van der Waals surface area (Å²) in [6.45, 7) is 18.3. The Balaban J connectivity index is 3.83. The molecule has 2 nitrogen and oxygen atoms in total. The van der Waals surface area contributed by atoms with Crippen molar-refractivity contribution < 1.29 is 4.74 Å². The summed E-state index contributed by atoms with van der Waals surface area (Å²) in [4.78, 5) is 0. The lowest BCUT2D eigenvalue weighted by Crippen LogP contribution is -2.38. The lowest BCUT2D eigenvalue weighted by molar-refractivity contribution is -0.116. The van der Waals surface area contributed by atoms with E-state index in [1.807, 2.05) is 0 Å². The molecule has 0 saturated heterocycles. The first-order chi connectivity index (χ1) is 6.91. The summed E-state index contributed by atoms with van der Waals surface area (Å²) in [7, 11) is 0. The fraction of sp³-hybridized carbons (Fsp3) is 1.00. The van der Waals surface area contributed by atoms with E-state index in [4.69, 9.17) is 4.74 Å². The third-order valence-corrected chi connectivity index (χ3v) is 2.19. The van der Waals surface area contributed by atoms with E-state index < -0.39 is 0 Å². The average Bonchev–Trinajstić information content (AvgIpc) is 1.91. The van der Waals surface area contributed by atoms with Crippen LogP contribution < -0.4 is 5.32 Å². The van der Waals surface area contributed by atoms with Crippen molar-refractivity contribution in [2.75, 3.05) is 6.54 Å². The van der Waals surface area contributed by atoms with Crippen LogP contribution in [0.2, 0.25) is 0 Å². The molecule has 98 valence electrons. The number of ether oxygens (including phenoxy) is 1. The van der Waals surface area contributed by atoms with Crippen molar-refractivity contribution in [3.63, 3.8) is 0 Å². The Kier molecular flexibility index (Phi) is 5.48. The molecule has 0 radical (unpaired) electrons. The van der Waals surface area contributed by atoms with Gasteiger partial charge in [0.1, 0.15) is 0 Å². The molecule has 0 aromatic heterocycles. The Bertz CT molecular complexity index is 196. The number of rotatable bonds is 5. The van der Waals surface area contributed by atoms with Crippen LogP contribution in [-0.4, -0.2) is 23.3 Å². The molecule has 0 aliphatic rings. The molecule has 0 unspecified atom stereocenters. The zero-order valence-corrected chi connectivity index (χ0v) is 12.5. The molecule has 0 aromatic rings. The van der Waals surface area contributed by atoms with Crippen molar-refractivity contribution in [3.8, 4) is 0 Å². The van der Waals surface area contributed by atoms with E-state index >= 15 is 0 Å². The lowest BCUT2D eigenvalue weighted by Gasteiger charge is -2.34. The molecule has 0 amide bonds. The van der Waals surface area contributed by atoms with Crippen molar-refractivity contribution in [3.05, 3.63) is 0 Å². The van der Waals surface area contributed by atoms with Crippen molar-refractivity contribution in [1.82, 2.24) is 5.32 Å². The molecule has 0 heterocycles. The standard InChI is InChI=1S/C14H31NO/c1-12(2,3)15-11-9-10-14(7,8)16-13(4,5)6/h15H,9-11H2,1-8H3. The highest BCUT2D eigenvalue weighted by atomic mass is 16.5. The Hall–Kier alpha value is -0.0800. The van der Waals surface area contributed by atoms with Gasteiger partial charge < -0.3 is 10.1 Å². The Morgan fingerprint density at radius 1 is 0.875 bits per heavy atom. The largest absolute Gasteiger partial charge is 0.370 e. The van der Waals surface area contributed by atoms with Gasteiger partial charge in [0.2, 0.25) is 0 Å². The van der Waals surface area contributed by atoms with E-state index in [9.17, 15) is 0 Å². The highest BCUT2D eigenvalue weighted by Crippen LogP contribution is 2.23.